The number of aliphatic hydroxyl groups excluding tert-OH is 1. The Bertz CT molecular complexity index is 536. The predicted octanol–water partition coefficient (Wildman–Crippen LogP) is 2.69. The second kappa shape index (κ2) is 6.69. The van der Waals surface area contributed by atoms with Gasteiger partial charge in [0.05, 0.1) is 6.61 Å². The number of hydrogen-bond acceptors (Lipinski definition) is 4. The normalized spacial score (nSPS) is 29.3. The van der Waals surface area contributed by atoms with Crippen LogP contribution in [0, 0.1) is 0 Å². The molecule has 4 nitrogen and oxygen atoms in total. The number of esters is 1. The maximum Gasteiger partial charge on any atom is 0.316 e. The van der Waals surface area contributed by atoms with Crippen LogP contribution in [0.25, 0.3) is 0 Å². The zero-order valence-electron chi connectivity index (χ0n) is 12.7. The zero-order chi connectivity index (χ0) is 15.7. The van der Waals surface area contributed by atoms with Crippen LogP contribution in [0.5, 0.6) is 0 Å². The fraction of sp³-hybridized carbons (Fsp3) is 0.588. The van der Waals surface area contributed by atoms with Crippen LogP contribution in [0.1, 0.15) is 37.2 Å². The molecule has 1 aromatic carbocycles. The first-order valence-electron chi connectivity index (χ1n) is 7.88. The number of hydrogen-bond donors (Lipinski definition) is 1. The average Bonchev–Trinajstić information content (AvgIpc) is 2.72. The predicted molar refractivity (Wildman–Crippen MR) is 87.7 cm³/mol. The van der Waals surface area contributed by atoms with Gasteiger partial charge in [0.2, 0.25) is 0 Å². The lowest BCUT2D eigenvalue weighted by atomic mass is 9.98. The lowest BCUT2D eigenvalue weighted by Gasteiger charge is -2.36. The van der Waals surface area contributed by atoms with Crippen molar-refractivity contribution in [3.8, 4) is 0 Å². The Morgan fingerprint density at radius 2 is 2.00 bits per heavy atom. The third-order valence-electron chi connectivity index (χ3n) is 5.09. The second-order valence-corrected chi connectivity index (χ2v) is 7.19. The molecule has 0 amide bonds. The molecule has 3 unspecified atom stereocenters. The minimum absolute atomic E-state index is 0.0160. The summed E-state index contributed by atoms with van der Waals surface area (Å²) < 4.78 is 6.56. The number of rotatable bonds is 4. The molecule has 0 saturated carbocycles. The van der Waals surface area contributed by atoms with Crippen LogP contribution in [0.15, 0.2) is 28.7 Å². The highest BCUT2D eigenvalue weighted by Crippen LogP contribution is 2.36. The molecule has 2 bridgehead atoms. The number of fused-ring (bicyclic) bond motifs is 2. The highest BCUT2D eigenvalue weighted by Gasteiger charge is 2.40. The maximum atomic E-state index is 12.5. The molecule has 1 aromatic rings. The van der Waals surface area contributed by atoms with Crippen molar-refractivity contribution in [3.05, 3.63) is 34.3 Å². The molecular weight excluding hydrogens is 346 g/mol. The standard InChI is InChI=1S/C17H22BrNO3/c1-19-11-6-7-12(19)9-13(8-11)22-17(21)15(10-20)14-4-2-3-5-16(14)18/h2-5,11-13,15,20H,6-10H2,1H3. The van der Waals surface area contributed by atoms with Gasteiger partial charge in [0.15, 0.2) is 0 Å². The topological polar surface area (TPSA) is 49.8 Å². The highest BCUT2D eigenvalue weighted by molar-refractivity contribution is 9.10. The number of aliphatic hydroxyl groups is 1. The van der Waals surface area contributed by atoms with Gasteiger partial charge in [0.25, 0.3) is 0 Å². The van der Waals surface area contributed by atoms with E-state index in [-0.39, 0.29) is 18.7 Å². The minimum Gasteiger partial charge on any atom is -0.462 e. The van der Waals surface area contributed by atoms with Crippen molar-refractivity contribution in [1.82, 2.24) is 4.90 Å². The van der Waals surface area contributed by atoms with Crippen LogP contribution >= 0.6 is 15.9 Å². The molecule has 5 heteroatoms. The molecule has 22 heavy (non-hydrogen) atoms. The summed E-state index contributed by atoms with van der Waals surface area (Å²) in [5.41, 5.74) is 0.783. The van der Waals surface area contributed by atoms with E-state index < -0.39 is 5.92 Å². The number of benzene rings is 1. The molecule has 2 heterocycles. The average molecular weight is 368 g/mol. The van der Waals surface area contributed by atoms with E-state index >= 15 is 0 Å². The van der Waals surface area contributed by atoms with Gasteiger partial charge in [-0.05, 0) is 44.4 Å². The number of nitrogens with zero attached hydrogens (tertiary/aromatic N) is 1. The Balaban J connectivity index is 1.67. The van der Waals surface area contributed by atoms with E-state index in [9.17, 15) is 9.90 Å². The molecule has 2 aliphatic rings. The van der Waals surface area contributed by atoms with Crippen LogP contribution in [0.3, 0.4) is 0 Å². The molecule has 0 spiro atoms. The summed E-state index contributed by atoms with van der Waals surface area (Å²) in [6.07, 6.45) is 4.20. The van der Waals surface area contributed by atoms with Gasteiger partial charge >= 0.3 is 5.97 Å². The molecule has 2 aliphatic heterocycles. The number of piperidine rings is 1. The SMILES string of the molecule is CN1C2CCC1CC(OC(=O)C(CO)c1ccccc1Br)C2. The molecule has 2 fully saturated rings. The van der Waals surface area contributed by atoms with Crippen molar-refractivity contribution < 1.29 is 14.6 Å². The van der Waals surface area contributed by atoms with Gasteiger partial charge in [-0.15, -0.1) is 0 Å². The van der Waals surface area contributed by atoms with Crippen LogP contribution in [-0.4, -0.2) is 47.8 Å². The van der Waals surface area contributed by atoms with Crippen LogP contribution in [0.2, 0.25) is 0 Å². The molecule has 0 radical (unpaired) electrons. The van der Waals surface area contributed by atoms with Crippen molar-refractivity contribution in [3.63, 3.8) is 0 Å². The molecule has 3 atom stereocenters. The van der Waals surface area contributed by atoms with Gasteiger partial charge in [0.1, 0.15) is 12.0 Å². The molecule has 1 N–H and O–H groups in total. The maximum absolute atomic E-state index is 12.5. The summed E-state index contributed by atoms with van der Waals surface area (Å²) >= 11 is 3.44. The van der Waals surface area contributed by atoms with E-state index in [0.29, 0.717) is 12.1 Å². The highest BCUT2D eigenvalue weighted by atomic mass is 79.9. The van der Waals surface area contributed by atoms with Gasteiger partial charge < -0.3 is 14.7 Å². The van der Waals surface area contributed by atoms with Gasteiger partial charge in [-0.2, -0.15) is 0 Å². The van der Waals surface area contributed by atoms with E-state index in [1.807, 2.05) is 24.3 Å². The molecule has 2 saturated heterocycles. The number of carbonyl (C=O) groups excluding carboxylic acids is 1. The largest absolute Gasteiger partial charge is 0.462 e. The Morgan fingerprint density at radius 3 is 2.59 bits per heavy atom. The van der Waals surface area contributed by atoms with Crippen LogP contribution in [0.4, 0.5) is 0 Å². The van der Waals surface area contributed by atoms with Crippen LogP contribution < -0.4 is 0 Å². The summed E-state index contributed by atoms with van der Waals surface area (Å²) in [5.74, 6) is -0.934. The van der Waals surface area contributed by atoms with E-state index in [1.165, 1.54) is 12.8 Å². The Kier molecular flexibility index (Phi) is 4.85. The fourth-order valence-electron chi connectivity index (χ4n) is 3.76. The van der Waals surface area contributed by atoms with Crippen molar-refractivity contribution >= 4 is 21.9 Å². The van der Waals surface area contributed by atoms with E-state index in [4.69, 9.17) is 4.74 Å². The van der Waals surface area contributed by atoms with Gasteiger partial charge in [-0.3, -0.25) is 4.79 Å². The van der Waals surface area contributed by atoms with Crippen molar-refractivity contribution in [2.24, 2.45) is 0 Å². The first-order chi connectivity index (χ1) is 10.6. The minimum atomic E-state index is -0.618. The molecule has 120 valence electrons. The first kappa shape index (κ1) is 16.0. The Hall–Kier alpha value is -0.910. The Labute approximate surface area is 139 Å². The summed E-state index contributed by atoms with van der Waals surface area (Å²) in [6.45, 7) is -0.235. The summed E-state index contributed by atoms with van der Waals surface area (Å²) in [6, 6.07) is 8.56. The van der Waals surface area contributed by atoms with Gasteiger partial charge in [0, 0.05) is 16.6 Å². The molecule has 0 aliphatic carbocycles. The second-order valence-electron chi connectivity index (χ2n) is 6.34. The van der Waals surface area contributed by atoms with E-state index in [0.717, 1.165) is 22.9 Å². The zero-order valence-corrected chi connectivity index (χ0v) is 14.3. The quantitative estimate of drug-likeness (QED) is 0.831. The lowest BCUT2D eigenvalue weighted by Crippen LogP contribution is -2.43. The van der Waals surface area contributed by atoms with Crippen molar-refractivity contribution in [1.29, 1.82) is 0 Å². The first-order valence-corrected chi connectivity index (χ1v) is 8.67. The number of halogens is 1. The fourth-order valence-corrected chi connectivity index (χ4v) is 4.32. The van der Waals surface area contributed by atoms with Crippen LogP contribution in [-0.2, 0) is 9.53 Å². The smallest absolute Gasteiger partial charge is 0.316 e. The van der Waals surface area contributed by atoms with Gasteiger partial charge in [-0.1, -0.05) is 34.1 Å². The Morgan fingerprint density at radius 1 is 1.36 bits per heavy atom. The lowest BCUT2D eigenvalue weighted by molar-refractivity contribution is -0.155. The summed E-state index contributed by atoms with van der Waals surface area (Å²) in [4.78, 5) is 14.9. The van der Waals surface area contributed by atoms with Crippen molar-refractivity contribution in [2.45, 2.75) is 49.8 Å². The van der Waals surface area contributed by atoms with E-state index in [1.54, 1.807) is 0 Å². The van der Waals surface area contributed by atoms with Gasteiger partial charge in [-0.25, -0.2) is 0 Å². The summed E-state index contributed by atoms with van der Waals surface area (Å²) in [5, 5.41) is 9.63. The third kappa shape index (κ3) is 3.07. The molecule has 0 aromatic heterocycles. The molecule has 3 rings (SSSR count). The summed E-state index contributed by atoms with van der Waals surface area (Å²) in [7, 11) is 2.16. The number of ether oxygens (including phenoxy) is 1. The number of carbonyl (C=O) groups is 1. The van der Waals surface area contributed by atoms with E-state index in [2.05, 4.69) is 27.9 Å². The monoisotopic (exact) mass is 367 g/mol. The van der Waals surface area contributed by atoms with Crippen molar-refractivity contribution in [2.75, 3.05) is 13.7 Å². The molecular formula is C17H22BrNO3. The third-order valence-corrected chi connectivity index (χ3v) is 5.81.